The second kappa shape index (κ2) is 8.10. The van der Waals surface area contributed by atoms with Gasteiger partial charge in [-0.1, -0.05) is 0 Å². The molecule has 1 saturated heterocycles. The van der Waals surface area contributed by atoms with Gasteiger partial charge in [-0.05, 0) is 6.07 Å². The highest BCUT2D eigenvalue weighted by molar-refractivity contribution is 5.71. The molecule has 11 nitrogen and oxygen atoms in total. The Morgan fingerprint density at radius 1 is 1.07 bits per heavy atom. The van der Waals surface area contributed by atoms with Crippen molar-refractivity contribution < 1.29 is 9.47 Å². The van der Waals surface area contributed by atoms with Gasteiger partial charge in [0.1, 0.15) is 17.5 Å². The average molecular weight is 395 g/mol. The van der Waals surface area contributed by atoms with Gasteiger partial charge in [0.25, 0.3) is 0 Å². The number of nitrogens with two attached hydrogens (primary N) is 2. The summed E-state index contributed by atoms with van der Waals surface area (Å²) in [7, 11) is 1.57. The normalized spacial score (nSPS) is 13.9. The molecular formula is C18H21N9O2. The van der Waals surface area contributed by atoms with E-state index < -0.39 is 0 Å². The quantitative estimate of drug-likeness (QED) is 0.569. The van der Waals surface area contributed by atoms with Gasteiger partial charge in [0.05, 0.1) is 37.8 Å². The lowest BCUT2D eigenvalue weighted by Gasteiger charge is -2.28. The van der Waals surface area contributed by atoms with Crippen LogP contribution in [-0.2, 0) is 4.74 Å². The third kappa shape index (κ3) is 4.24. The van der Waals surface area contributed by atoms with Crippen molar-refractivity contribution in [1.29, 1.82) is 0 Å². The minimum Gasteiger partial charge on any atom is -0.481 e. The van der Waals surface area contributed by atoms with Crippen molar-refractivity contribution in [3.63, 3.8) is 0 Å². The van der Waals surface area contributed by atoms with Crippen LogP contribution in [0, 0.1) is 0 Å². The van der Waals surface area contributed by atoms with Crippen LogP contribution >= 0.6 is 0 Å². The summed E-state index contributed by atoms with van der Waals surface area (Å²) in [4.78, 5) is 23.6. The smallest absolute Gasteiger partial charge is 0.221 e. The summed E-state index contributed by atoms with van der Waals surface area (Å²) in [6, 6.07) is 5.48. The van der Waals surface area contributed by atoms with Gasteiger partial charge in [-0.25, -0.2) is 19.9 Å². The minimum absolute atomic E-state index is 0.0956. The van der Waals surface area contributed by atoms with Crippen LogP contribution in [0.4, 0.5) is 29.1 Å². The number of pyridine rings is 1. The van der Waals surface area contributed by atoms with Crippen LogP contribution in [0.5, 0.6) is 5.88 Å². The zero-order valence-electron chi connectivity index (χ0n) is 15.9. The summed E-state index contributed by atoms with van der Waals surface area (Å²) < 4.78 is 10.5. The molecule has 1 fully saturated rings. The number of methoxy groups -OCH3 is 1. The van der Waals surface area contributed by atoms with Gasteiger partial charge < -0.3 is 31.2 Å². The van der Waals surface area contributed by atoms with E-state index in [1.54, 1.807) is 19.4 Å². The van der Waals surface area contributed by atoms with Crippen molar-refractivity contribution in [2.24, 2.45) is 0 Å². The molecule has 0 spiro atoms. The van der Waals surface area contributed by atoms with Crippen molar-refractivity contribution in [2.75, 3.05) is 55.1 Å². The fourth-order valence-electron chi connectivity index (χ4n) is 2.88. The van der Waals surface area contributed by atoms with Crippen molar-refractivity contribution in [2.45, 2.75) is 0 Å². The molecule has 1 aliphatic heterocycles. The van der Waals surface area contributed by atoms with E-state index in [9.17, 15) is 0 Å². The Balaban J connectivity index is 1.72. The van der Waals surface area contributed by atoms with Gasteiger partial charge >= 0.3 is 0 Å². The average Bonchev–Trinajstić information content (AvgIpc) is 2.75. The summed E-state index contributed by atoms with van der Waals surface area (Å²) in [5, 5.41) is 3.24. The van der Waals surface area contributed by atoms with Gasteiger partial charge in [-0.2, -0.15) is 4.98 Å². The van der Waals surface area contributed by atoms with Crippen molar-refractivity contribution in [3.05, 3.63) is 30.6 Å². The van der Waals surface area contributed by atoms with Gasteiger partial charge in [0, 0.05) is 31.4 Å². The summed E-state index contributed by atoms with van der Waals surface area (Å²) in [6.07, 6.45) is 3.19. The largest absolute Gasteiger partial charge is 0.481 e. The molecule has 11 heteroatoms. The lowest BCUT2D eigenvalue weighted by atomic mass is 10.2. The van der Waals surface area contributed by atoms with E-state index in [1.165, 1.54) is 6.20 Å². The molecule has 0 atom stereocenters. The summed E-state index contributed by atoms with van der Waals surface area (Å²) in [5.41, 5.74) is 12.9. The number of hydrogen-bond donors (Lipinski definition) is 3. The molecular weight excluding hydrogens is 374 g/mol. The maximum Gasteiger partial charge on any atom is 0.221 e. The van der Waals surface area contributed by atoms with Crippen molar-refractivity contribution in [3.8, 4) is 17.3 Å². The van der Waals surface area contributed by atoms with Crippen molar-refractivity contribution in [1.82, 2.24) is 24.9 Å². The first-order chi connectivity index (χ1) is 14.1. The van der Waals surface area contributed by atoms with Crippen molar-refractivity contribution >= 4 is 29.1 Å². The predicted molar refractivity (Wildman–Crippen MR) is 109 cm³/mol. The zero-order chi connectivity index (χ0) is 20.2. The van der Waals surface area contributed by atoms with Crippen LogP contribution in [0.15, 0.2) is 30.6 Å². The van der Waals surface area contributed by atoms with E-state index in [2.05, 4.69) is 35.1 Å². The standard InChI is InChI=1S/C18H21N9O2/c1-28-15-3-2-11(9-21-15)23-13-8-14(27-4-6-29-7-5-27)25-17(24-13)12-10-22-18(20)26-16(12)19/h2-3,8-10H,4-7H2,1H3,(H,23,24,25)(H4,19,20,22,26). The van der Waals surface area contributed by atoms with Crippen LogP contribution in [0.2, 0.25) is 0 Å². The number of nitrogen functional groups attached to an aromatic ring is 2. The van der Waals surface area contributed by atoms with E-state index in [-0.39, 0.29) is 11.8 Å². The monoisotopic (exact) mass is 395 g/mol. The van der Waals surface area contributed by atoms with Gasteiger partial charge in [-0.15, -0.1) is 0 Å². The Kier molecular flexibility index (Phi) is 5.20. The Labute approximate surface area is 167 Å². The number of ether oxygens (including phenoxy) is 2. The van der Waals surface area contributed by atoms with Crippen LogP contribution in [0.3, 0.4) is 0 Å². The fraction of sp³-hybridized carbons (Fsp3) is 0.278. The third-order valence-electron chi connectivity index (χ3n) is 4.34. The number of nitrogens with one attached hydrogen (secondary N) is 1. The number of anilines is 5. The number of aromatic nitrogens is 5. The topological polar surface area (TPSA) is 150 Å². The number of nitrogens with zero attached hydrogens (tertiary/aromatic N) is 6. The molecule has 0 unspecified atom stereocenters. The van der Waals surface area contributed by atoms with Crippen LogP contribution in [0.1, 0.15) is 0 Å². The maximum absolute atomic E-state index is 6.03. The first kappa shape index (κ1) is 18.6. The van der Waals surface area contributed by atoms with Gasteiger partial charge in [0.15, 0.2) is 5.82 Å². The van der Waals surface area contributed by atoms with Crippen LogP contribution in [0.25, 0.3) is 11.4 Å². The maximum atomic E-state index is 6.03. The second-order valence-corrected chi connectivity index (χ2v) is 6.28. The van der Waals surface area contributed by atoms with E-state index in [0.717, 1.165) is 24.6 Å². The fourth-order valence-corrected chi connectivity index (χ4v) is 2.88. The minimum atomic E-state index is 0.0956. The second-order valence-electron chi connectivity index (χ2n) is 6.28. The highest BCUT2D eigenvalue weighted by atomic mass is 16.5. The van der Waals surface area contributed by atoms with Crippen LogP contribution < -0.4 is 26.4 Å². The Hall–Kier alpha value is -3.73. The molecule has 0 bridgehead atoms. The molecule has 3 aromatic heterocycles. The van der Waals surface area contributed by atoms with E-state index in [1.807, 2.05) is 12.1 Å². The van der Waals surface area contributed by atoms with E-state index >= 15 is 0 Å². The Morgan fingerprint density at radius 2 is 1.90 bits per heavy atom. The molecule has 29 heavy (non-hydrogen) atoms. The molecule has 4 rings (SSSR count). The van der Waals surface area contributed by atoms with Gasteiger partial charge in [0.2, 0.25) is 11.8 Å². The highest BCUT2D eigenvalue weighted by Crippen LogP contribution is 2.27. The zero-order valence-corrected chi connectivity index (χ0v) is 15.9. The van der Waals surface area contributed by atoms with E-state index in [4.69, 9.17) is 20.9 Å². The van der Waals surface area contributed by atoms with E-state index in [0.29, 0.717) is 36.3 Å². The lowest BCUT2D eigenvalue weighted by molar-refractivity contribution is 0.122. The highest BCUT2D eigenvalue weighted by Gasteiger charge is 2.17. The summed E-state index contributed by atoms with van der Waals surface area (Å²) >= 11 is 0. The molecule has 3 aromatic rings. The number of rotatable bonds is 5. The summed E-state index contributed by atoms with van der Waals surface area (Å²) in [5.74, 6) is 2.57. The number of morpholine rings is 1. The van der Waals surface area contributed by atoms with Gasteiger partial charge in [-0.3, -0.25) is 0 Å². The molecule has 5 N–H and O–H groups in total. The molecule has 150 valence electrons. The molecule has 0 saturated carbocycles. The first-order valence-corrected chi connectivity index (χ1v) is 8.99. The summed E-state index contributed by atoms with van der Waals surface area (Å²) in [6.45, 7) is 2.73. The molecule has 0 aromatic carbocycles. The Morgan fingerprint density at radius 3 is 2.59 bits per heavy atom. The first-order valence-electron chi connectivity index (χ1n) is 8.99. The Bertz CT molecular complexity index is 991. The molecule has 4 heterocycles. The third-order valence-corrected chi connectivity index (χ3v) is 4.34. The molecule has 0 aliphatic carbocycles. The SMILES string of the molecule is COc1ccc(Nc2cc(N3CCOCC3)nc(-c3cnc(N)nc3N)n2)cn1. The molecule has 0 radical (unpaired) electrons. The van der Waals surface area contributed by atoms with Crippen LogP contribution in [-0.4, -0.2) is 58.3 Å². The number of hydrogen-bond acceptors (Lipinski definition) is 11. The lowest BCUT2D eigenvalue weighted by Crippen LogP contribution is -2.36. The molecule has 1 aliphatic rings. The predicted octanol–water partition coefficient (Wildman–Crippen LogP) is 1.08. The molecule has 0 amide bonds.